The zero-order valence-corrected chi connectivity index (χ0v) is 12.7. The van der Waals surface area contributed by atoms with Gasteiger partial charge in [0.05, 0.1) is 10.7 Å². The van der Waals surface area contributed by atoms with Crippen molar-refractivity contribution >= 4 is 56.1 Å². The maximum Gasteiger partial charge on any atom is 0.143 e. The molecule has 2 aromatic carbocycles. The topological polar surface area (TPSA) is 38.0 Å². The normalized spacial score (nSPS) is 10.3. The predicted octanol–water partition coefficient (Wildman–Crippen LogP) is 4.62. The fourth-order valence-corrected chi connectivity index (χ4v) is 2.22. The highest BCUT2D eigenvalue weighted by atomic mass is 79.9. The van der Waals surface area contributed by atoms with Gasteiger partial charge in [-0.1, -0.05) is 23.8 Å². The molecule has 0 aliphatic rings. The van der Waals surface area contributed by atoms with Crippen LogP contribution in [0.4, 0.5) is 15.8 Å². The van der Waals surface area contributed by atoms with Crippen molar-refractivity contribution in [2.75, 3.05) is 5.32 Å². The number of benzene rings is 2. The van der Waals surface area contributed by atoms with Gasteiger partial charge in [-0.05, 0) is 52.3 Å². The van der Waals surface area contributed by atoms with Crippen molar-refractivity contribution in [1.29, 1.82) is 0 Å². The number of thiocarbonyl (C=S) groups is 1. The van der Waals surface area contributed by atoms with Crippen LogP contribution in [0, 0.1) is 5.82 Å². The number of nitrogens with two attached hydrogens (primary N) is 1. The molecule has 0 aliphatic carbocycles. The van der Waals surface area contributed by atoms with Crippen LogP contribution in [0.1, 0.15) is 5.56 Å². The molecule has 0 aliphatic heterocycles. The monoisotopic (exact) mass is 358 g/mol. The van der Waals surface area contributed by atoms with Gasteiger partial charge in [0.25, 0.3) is 0 Å². The highest BCUT2D eigenvalue weighted by Crippen LogP contribution is 2.28. The van der Waals surface area contributed by atoms with Crippen LogP contribution < -0.4 is 11.1 Å². The summed E-state index contributed by atoms with van der Waals surface area (Å²) in [6, 6.07) is 9.93. The molecule has 0 saturated carbocycles. The number of hydrogen-bond acceptors (Lipinski definition) is 2. The minimum absolute atomic E-state index is 0.0912. The Bertz CT molecular complexity index is 649. The number of halogens is 3. The van der Waals surface area contributed by atoms with E-state index in [1.54, 1.807) is 18.2 Å². The second-order valence-corrected chi connectivity index (χ2v) is 5.51. The Morgan fingerprint density at radius 3 is 2.58 bits per heavy atom. The molecule has 0 heterocycles. The molecule has 0 aromatic heterocycles. The molecule has 2 aromatic rings. The van der Waals surface area contributed by atoms with Gasteiger partial charge in [0.15, 0.2) is 0 Å². The van der Waals surface area contributed by atoms with Crippen LogP contribution in [0.3, 0.4) is 0 Å². The average molecular weight is 360 g/mol. The van der Waals surface area contributed by atoms with Gasteiger partial charge in [-0.15, -0.1) is 0 Å². The lowest BCUT2D eigenvalue weighted by Gasteiger charge is -2.10. The standard InChI is InChI=1S/C13H9BrClFN2S/c14-9-5-7(13(17)19)1-4-12(9)18-8-2-3-10(15)11(16)6-8/h1-6,18H,(H2,17,19). The quantitative estimate of drug-likeness (QED) is 0.785. The molecule has 0 radical (unpaired) electrons. The van der Waals surface area contributed by atoms with Gasteiger partial charge >= 0.3 is 0 Å². The molecule has 6 heteroatoms. The van der Waals surface area contributed by atoms with Crippen LogP contribution in [0.25, 0.3) is 0 Å². The van der Waals surface area contributed by atoms with Crippen molar-refractivity contribution in [2.24, 2.45) is 5.73 Å². The van der Waals surface area contributed by atoms with Crippen molar-refractivity contribution in [3.8, 4) is 0 Å². The number of rotatable bonds is 3. The summed E-state index contributed by atoms with van der Waals surface area (Å²) in [5, 5.41) is 3.17. The van der Waals surface area contributed by atoms with Gasteiger partial charge in [0.2, 0.25) is 0 Å². The molecule has 0 spiro atoms. The second kappa shape index (κ2) is 5.86. The first kappa shape index (κ1) is 14.2. The third-order valence-corrected chi connectivity index (χ3v) is 3.65. The van der Waals surface area contributed by atoms with Gasteiger partial charge in [-0.25, -0.2) is 4.39 Å². The molecular formula is C13H9BrClFN2S. The number of nitrogens with one attached hydrogen (secondary N) is 1. The van der Waals surface area contributed by atoms with Gasteiger partial charge in [-0.2, -0.15) is 0 Å². The average Bonchev–Trinajstić information content (AvgIpc) is 2.36. The highest BCUT2D eigenvalue weighted by molar-refractivity contribution is 9.10. The SMILES string of the molecule is NC(=S)c1ccc(Nc2ccc(Cl)c(F)c2)c(Br)c1. The largest absolute Gasteiger partial charge is 0.389 e. The van der Waals surface area contributed by atoms with Crippen LogP contribution in [0.2, 0.25) is 5.02 Å². The first-order valence-electron chi connectivity index (χ1n) is 5.29. The predicted molar refractivity (Wildman–Crippen MR) is 84.7 cm³/mol. The van der Waals surface area contributed by atoms with Gasteiger partial charge in [0.1, 0.15) is 10.8 Å². The molecule has 0 fully saturated rings. The fraction of sp³-hybridized carbons (Fsp3) is 0. The van der Waals surface area contributed by atoms with E-state index in [1.165, 1.54) is 12.1 Å². The lowest BCUT2D eigenvalue weighted by molar-refractivity contribution is 0.629. The van der Waals surface area contributed by atoms with E-state index in [2.05, 4.69) is 21.2 Å². The molecule has 19 heavy (non-hydrogen) atoms. The molecule has 0 saturated heterocycles. The minimum Gasteiger partial charge on any atom is -0.389 e. The Morgan fingerprint density at radius 2 is 2.00 bits per heavy atom. The summed E-state index contributed by atoms with van der Waals surface area (Å²) in [6.45, 7) is 0. The molecule has 0 bridgehead atoms. The summed E-state index contributed by atoms with van der Waals surface area (Å²) in [4.78, 5) is 0.324. The van der Waals surface area contributed by atoms with Crippen LogP contribution in [-0.2, 0) is 0 Å². The number of anilines is 2. The maximum absolute atomic E-state index is 13.3. The summed E-state index contributed by atoms with van der Waals surface area (Å²) >= 11 is 13.9. The summed E-state index contributed by atoms with van der Waals surface area (Å²) in [5.41, 5.74) is 7.69. The molecule has 2 nitrogen and oxygen atoms in total. The third-order valence-electron chi connectivity index (χ3n) is 2.45. The Labute approximate surface area is 128 Å². The summed E-state index contributed by atoms with van der Waals surface area (Å²) in [7, 11) is 0. The van der Waals surface area contributed by atoms with Crippen LogP contribution >= 0.6 is 39.7 Å². The molecular weight excluding hydrogens is 351 g/mol. The van der Waals surface area contributed by atoms with Gasteiger partial charge in [0, 0.05) is 15.7 Å². The van der Waals surface area contributed by atoms with Crippen molar-refractivity contribution in [3.05, 3.63) is 57.3 Å². The molecule has 0 unspecified atom stereocenters. The molecule has 98 valence electrons. The maximum atomic E-state index is 13.3. The lowest BCUT2D eigenvalue weighted by atomic mass is 10.2. The van der Waals surface area contributed by atoms with Crippen molar-refractivity contribution in [3.63, 3.8) is 0 Å². The summed E-state index contributed by atoms with van der Waals surface area (Å²) < 4.78 is 14.1. The van der Waals surface area contributed by atoms with E-state index in [4.69, 9.17) is 29.6 Å². The summed E-state index contributed by atoms with van der Waals surface area (Å²) in [5.74, 6) is -0.470. The smallest absolute Gasteiger partial charge is 0.143 e. The highest BCUT2D eigenvalue weighted by Gasteiger charge is 2.05. The molecule has 3 N–H and O–H groups in total. The van der Waals surface area contributed by atoms with E-state index < -0.39 is 5.82 Å². The third kappa shape index (κ3) is 3.43. The lowest BCUT2D eigenvalue weighted by Crippen LogP contribution is -2.09. The van der Waals surface area contributed by atoms with Gasteiger partial charge in [-0.3, -0.25) is 0 Å². The second-order valence-electron chi connectivity index (χ2n) is 3.81. The molecule has 0 amide bonds. The van der Waals surface area contributed by atoms with E-state index in [-0.39, 0.29) is 5.02 Å². The van der Waals surface area contributed by atoms with Crippen LogP contribution in [0.5, 0.6) is 0 Å². The van der Waals surface area contributed by atoms with E-state index in [9.17, 15) is 4.39 Å². The van der Waals surface area contributed by atoms with Crippen LogP contribution in [0.15, 0.2) is 40.9 Å². The Hall–Kier alpha value is -1.17. The van der Waals surface area contributed by atoms with E-state index in [0.29, 0.717) is 10.7 Å². The van der Waals surface area contributed by atoms with Gasteiger partial charge < -0.3 is 11.1 Å². The van der Waals surface area contributed by atoms with Crippen LogP contribution in [-0.4, -0.2) is 4.99 Å². The zero-order chi connectivity index (χ0) is 14.0. The Kier molecular flexibility index (Phi) is 4.39. The van der Waals surface area contributed by atoms with E-state index >= 15 is 0 Å². The Balaban J connectivity index is 2.28. The Morgan fingerprint density at radius 1 is 1.26 bits per heavy atom. The molecule has 0 atom stereocenters. The van der Waals surface area contributed by atoms with Crippen molar-refractivity contribution < 1.29 is 4.39 Å². The van der Waals surface area contributed by atoms with E-state index in [0.717, 1.165) is 15.7 Å². The fourth-order valence-electron chi connectivity index (χ4n) is 1.50. The number of hydrogen-bond donors (Lipinski definition) is 2. The van der Waals surface area contributed by atoms with Crippen molar-refractivity contribution in [2.45, 2.75) is 0 Å². The van der Waals surface area contributed by atoms with Crippen molar-refractivity contribution in [1.82, 2.24) is 0 Å². The zero-order valence-electron chi connectivity index (χ0n) is 9.58. The molecule has 2 rings (SSSR count). The first-order chi connectivity index (χ1) is 8.97. The first-order valence-corrected chi connectivity index (χ1v) is 6.87. The minimum atomic E-state index is -0.470. The van der Waals surface area contributed by atoms with E-state index in [1.807, 2.05) is 6.07 Å². The summed E-state index contributed by atoms with van der Waals surface area (Å²) in [6.07, 6.45) is 0.